The number of aromatic nitrogens is 2. The zero-order valence-electron chi connectivity index (χ0n) is 21.0. The molecule has 38 heavy (non-hydrogen) atoms. The predicted molar refractivity (Wildman–Crippen MR) is 140 cm³/mol. The van der Waals surface area contributed by atoms with E-state index >= 15 is 0 Å². The summed E-state index contributed by atoms with van der Waals surface area (Å²) in [4.78, 5) is 23.6. The van der Waals surface area contributed by atoms with Gasteiger partial charge in [-0.1, -0.05) is 12.1 Å². The Kier molecular flexibility index (Phi) is 7.28. The molecular weight excluding hydrogens is 513 g/mol. The number of carbonyl (C=O) groups excluding carboxylic acids is 1. The van der Waals surface area contributed by atoms with Crippen molar-refractivity contribution in [1.82, 2.24) is 15.3 Å². The molecule has 1 atom stereocenters. The molecule has 0 unspecified atom stereocenters. The number of carbonyl (C=O) groups is 1. The van der Waals surface area contributed by atoms with E-state index in [1.54, 1.807) is 30.3 Å². The Hall–Kier alpha value is -3.61. The Morgan fingerprint density at radius 2 is 1.76 bits per heavy atom. The molecule has 0 bridgehead atoms. The summed E-state index contributed by atoms with van der Waals surface area (Å²) in [7, 11) is -3.66. The molecule has 0 spiro atoms. The Labute approximate surface area is 220 Å². The topological polar surface area (TPSA) is 123 Å². The van der Waals surface area contributed by atoms with Gasteiger partial charge in [0.1, 0.15) is 5.82 Å². The maximum Gasteiger partial charge on any atom is 0.319 e. The van der Waals surface area contributed by atoms with Crippen molar-refractivity contribution in [2.45, 2.75) is 23.9 Å². The number of nitrogens with zero attached hydrogens (tertiary/aromatic N) is 3. The third-order valence-electron chi connectivity index (χ3n) is 6.37. The second kappa shape index (κ2) is 10.6. The lowest BCUT2D eigenvalue weighted by Crippen LogP contribution is -2.49. The number of benzene rings is 2. The minimum absolute atomic E-state index is 0.00867. The van der Waals surface area contributed by atoms with Gasteiger partial charge in [-0.2, -0.15) is 0 Å². The van der Waals surface area contributed by atoms with Crippen LogP contribution in [0.15, 0.2) is 53.4 Å². The van der Waals surface area contributed by atoms with Crippen molar-refractivity contribution in [3.05, 3.63) is 54.3 Å². The number of sulfone groups is 1. The number of urea groups is 1. The molecule has 0 radical (unpaired) electrons. The molecule has 3 aromatic rings. The standard InChI is InChI=1S/C26H28FN5O5S/c1-16-13-36-10-9-32(16)25-30-22(12-23(31-25)21-11-18(27)5-8-24(21)38(2,34)35)17-3-6-19(7-4-17)28-26(33)29-20-14-37-15-20/h3-8,11-12,16,20H,9-10,13-15H2,1-2H3,(H2,28,29,33)/t16-/m0/s1. The van der Waals surface area contributed by atoms with E-state index in [0.717, 1.165) is 12.3 Å². The minimum Gasteiger partial charge on any atom is -0.377 e. The lowest BCUT2D eigenvalue weighted by molar-refractivity contribution is 0.000735. The van der Waals surface area contributed by atoms with E-state index in [9.17, 15) is 17.6 Å². The van der Waals surface area contributed by atoms with Crippen LogP contribution in [0.5, 0.6) is 0 Å². The number of amides is 2. The smallest absolute Gasteiger partial charge is 0.319 e. The van der Waals surface area contributed by atoms with Gasteiger partial charge in [0.15, 0.2) is 9.84 Å². The monoisotopic (exact) mass is 541 g/mol. The van der Waals surface area contributed by atoms with E-state index in [4.69, 9.17) is 14.5 Å². The van der Waals surface area contributed by atoms with E-state index in [2.05, 4.69) is 15.6 Å². The highest BCUT2D eigenvalue weighted by Crippen LogP contribution is 2.32. The van der Waals surface area contributed by atoms with Crippen molar-refractivity contribution in [2.24, 2.45) is 0 Å². The van der Waals surface area contributed by atoms with Crippen molar-refractivity contribution < 1.29 is 27.1 Å². The third kappa shape index (κ3) is 5.77. The van der Waals surface area contributed by atoms with Gasteiger partial charge in [-0.3, -0.25) is 0 Å². The molecule has 2 N–H and O–H groups in total. The van der Waals surface area contributed by atoms with Crippen LogP contribution in [0.2, 0.25) is 0 Å². The molecule has 5 rings (SSSR count). The molecule has 0 aliphatic carbocycles. The molecule has 2 fully saturated rings. The molecular formula is C26H28FN5O5S. The van der Waals surface area contributed by atoms with Crippen LogP contribution < -0.4 is 15.5 Å². The maximum atomic E-state index is 14.3. The summed E-state index contributed by atoms with van der Waals surface area (Å²) in [6, 6.07) is 11.9. The molecule has 2 aliphatic heterocycles. The first-order valence-electron chi connectivity index (χ1n) is 12.2. The molecule has 1 aromatic heterocycles. The zero-order valence-corrected chi connectivity index (χ0v) is 21.8. The quantitative estimate of drug-likeness (QED) is 0.457. The highest BCUT2D eigenvalue weighted by Gasteiger charge is 2.25. The zero-order chi connectivity index (χ0) is 26.9. The number of hydrogen-bond acceptors (Lipinski definition) is 8. The van der Waals surface area contributed by atoms with Crippen LogP contribution >= 0.6 is 0 Å². The Morgan fingerprint density at radius 3 is 2.42 bits per heavy atom. The maximum absolute atomic E-state index is 14.3. The highest BCUT2D eigenvalue weighted by atomic mass is 32.2. The Morgan fingerprint density at radius 1 is 1.03 bits per heavy atom. The number of rotatable bonds is 6. The Balaban J connectivity index is 1.53. The number of ether oxygens (including phenoxy) is 2. The number of halogens is 1. The minimum atomic E-state index is -3.66. The summed E-state index contributed by atoms with van der Waals surface area (Å²) < 4.78 is 49.9. The van der Waals surface area contributed by atoms with Gasteiger partial charge in [0.05, 0.1) is 54.8 Å². The normalized spacial score (nSPS) is 18.1. The van der Waals surface area contributed by atoms with Gasteiger partial charge in [0.25, 0.3) is 0 Å². The van der Waals surface area contributed by atoms with Gasteiger partial charge >= 0.3 is 6.03 Å². The van der Waals surface area contributed by atoms with Crippen LogP contribution in [0.25, 0.3) is 22.5 Å². The van der Waals surface area contributed by atoms with Crippen LogP contribution in [-0.2, 0) is 19.3 Å². The first-order chi connectivity index (χ1) is 18.2. The summed E-state index contributed by atoms with van der Waals surface area (Å²) in [5.41, 5.74) is 2.27. The number of hydrogen-bond donors (Lipinski definition) is 2. The lowest BCUT2D eigenvalue weighted by atomic mass is 10.1. The molecule has 2 aromatic carbocycles. The molecule has 2 aliphatic rings. The average Bonchev–Trinajstić information content (AvgIpc) is 2.86. The highest BCUT2D eigenvalue weighted by molar-refractivity contribution is 7.90. The van der Waals surface area contributed by atoms with E-state index < -0.39 is 15.7 Å². The third-order valence-corrected chi connectivity index (χ3v) is 7.52. The molecule has 200 valence electrons. The van der Waals surface area contributed by atoms with Crippen LogP contribution in [0.1, 0.15) is 6.92 Å². The lowest BCUT2D eigenvalue weighted by Gasteiger charge is -2.33. The molecule has 12 heteroatoms. The van der Waals surface area contributed by atoms with E-state index in [-0.39, 0.29) is 34.3 Å². The molecule has 3 heterocycles. The summed E-state index contributed by atoms with van der Waals surface area (Å²) in [6.45, 7) is 4.53. The van der Waals surface area contributed by atoms with Crippen molar-refractivity contribution in [3.63, 3.8) is 0 Å². The number of morpholine rings is 1. The van der Waals surface area contributed by atoms with Crippen molar-refractivity contribution >= 4 is 27.5 Å². The van der Waals surface area contributed by atoms with Crippen LogP contribution in [-0.4, -0.2) is 75.7 Å². The molecule has 2 amide bonds. The van der Waals surface area contributed by atoms with Crippen LogP contribution in [0.4, 0.5) is 20.8 Å². The number of anilines is 2. The SMILES string of the molecule is C[C@H]1COCCN1c1nc(-c2ccc(NC(=O)NC3COC3)cc2)cc(-c2cc(F)ccc2S(C)(=O)=O)n1. The van der Waals surface area contributed by atoms with Gasteiger partial charge < -0.3 is 25.0 Å². The Bertz CT molecular complexity index is 1450. The van der Waals surface area contributed by atoms with Crippen LogP contribution in [0, 0.1) is 5.82 Å². The summed E-state index contributed by atoms with van der Waals surface area (Å²) in [6.07, 6.45) is 1.08. The van der Waals surface area contributed by atoms with E-state index in [0.29, 0.717) is 55.9 Å². The fourth-order valence-electron chi connectivity index (χ4n) is 4.29. The van der Waals surface area contributed by atoms with E-state index in [1.165, 1.54) is 12.1 Å². The van der Waals surface area contributed by atoms with Crippen molar-refractivity contribution in [1.29, 1.82) is 0 Å². The second-order valence-corrected chi connectivity index (χ2v) is 11.4. The largest absolute Gasteiger partial charge is 0.377 e. The van der Waals surface area contributed by atoms with Crippen molar-refractivity contribution in [2.75, 3.05) is 49.4 Å². The fraction of sp³-hybridized carbons (Fsp3) is 0.346. The summed E-state index contributed by atoms with van der Waals surface area (Å²) >= 11 is 0. The first kappa shape index (κ1) is 26.0. The van der Waals surface area contributed by atoms with Crippen molar-refractivity contribution in [3.8, 4) is 22.5 Å². The molecule has 0 saturated carbocycles. The van der Waals surface area contributed by atoms with E-state index in [1.807, 2.05) is 11.8 Å². The fourth-order valence-corrected chi connectivity index (χ4v) is 5.17. The predicted octanol–water partition coefficient (Wildman–Crippen LogP) is 3.10. The van der Waals surface area contributed by atoms with Gasteiger partial charge in [-0.15, -0.1) is 0 Å². The van der Waals surface area contributed by atoms with Gasteiger partial charge in [-0.25, -0.2) is 27.6 Å². The van der Waals surface area contributed by atoms with Gasteiger partial charge in [0.2, 0.25) is 5.95 Å². The van der Waals surface area contributed by atoms with Gasteiger partial charge in [-0.05, 0) is 43.3 Å². The summed E-state index contributed by atoms with van der Waals surface area (Å²) in [5, 5.41) is 5.60. The second-order valence-electron chi connectivity index (χ2n) is 9.38. The van der Waals surface area contributed by atoms with Crippen LogP contribution in [0.3, 0.4) is 0 Å². The number of nitrogens with one attached hydrogen (secondary N) is 2. The van der Waals surface area contributed by atoms with Gasteiger partial charge in [0, 0.05) is 29.6 Å². The average molecular weight is 542 g/mol. The molecule has 2 saturated heterocycles. The summed E-state index contributed by atoms with van der Waals surface area (Å²) in [5.74, 6) is -0.183. The first-order valence-corrected chi connectivity index (χ1v) is 14.1. The molecule has 10 nitrogen and oxygen atoms in total.